The van der Waals surface area contributed by atoms with E-state index in [-0.39, 0.29) is 6.15 Å². The molecule has 0 heterocycles. The molecule has 0 saturated heterocycles. The second-order valence-corrected chi connectivity index (χ2v) is 0. The molecule has 0 aromatic rings. The minimum absolute atomic E-state index is 0. The van der Waals surface area contributed by atoms with Crippen LogP contribution in [0.25, 0.3) is 0 Å². The third kappa shape index (κ3) is 466. The molecule has 5 heavy (non-hydrogen) atoms. The zero-order valence-corrected chi connectivity index (χ0v) is 4.29. The standard InChI is InChI=1S/CH3Cl.CH4O.H3N/c2*1-2;/h1H3;2H,1H3;1H3. The van der Waals surface area contributed by atoms with Crippen LogP contribution in [0, 0.1) is 0 Å². The first-order valence-corrected chi connectivity index (χ1v) is 1.58. The summed E-state index contributed by atoms with van der Waals surface area (Å²) in [6.07, 6.45) is 1.47. The lowest BCUT2D eigenvalue weighted by Crippen LogP contribution is -1.25. The zero-order chi connectivity index (χ0) is 4.00. The molecule has 0 fully saturated rings. The smallest absolute Gasteiger partial charge is 0.0319 e. The Hall–Kier alpha value is 0.210. The number of halogens is 1. The number of aliphatic hydroxyl groups is 1. The summed E-state index contributed by atoms with van der Waals surface area (Å²) < 4.78 is 0. The number of hydrogen-bond donors (Lipinski definition) is 2. The fourth-order valence-electron chi connectivity index (χ4n) is 0. The molecule has 0 aromatic carbocycles. The predicted octanol–water partition coefficient (Wildman–Crippen LogP) is 0.625. The second-order valence-electron chi connectivity index (χ2n) is 0. The molecule has 0 unspecified atom stereocenters. The van der Waals surface area contributed by atoms with Crippen LogP contribution < -0.4 is 6.15 Å². The van der Waals surface area contributed by atoms with Gasteiger partial charge in [-0.15, -0.1) is 11.6 Å². The molecule has 0 aliphatic heterocycles. The summed E-state index contributed by atoms with van der Waals surface area (Å²) in [5.41, 5.74) is 0. The van der Waals surface area contributed by atoms with Crippen LogP contribution in [-0.4, -0.2) is 18.6 Å². The van der Waals surface area contributed by atoms with Crippen molar-refractivity contribution < 1.29 is 5.11 Å². The molecule has 0 aliphatic rings. The van der Waals surface area contributed by atoms with Gasteiger partial charge in [-0.05, 0) is 0 Å². The van der Waals surface area contributed by atoms with Gasteiger partial charge in [0.2, 0.25) is 0 Å². The lowest BCUT2D eigenvalue weighted by molar-refractivity contribution is 0.399. The molecule has 0 atom stereocenters. The Bertz CT molecular complexity index is 9.61. The highest BCUT2D eigenvalue weighted by Crippen LogP contribution is 1.34. The van der Waals surface area contributed by atoms with E-state index in [1.165, 1.54) is 6.38 Å². The average Bonchev–Trinajstić information content (AvgIpc) is 1.50. The highest BCUT2D eigenvalue weighted by Gasteiger charge is 0.943. The molecule has 0 radical (unpaired) electrons. The van der Waals surface area contributed by atoms with E-state index >= 15 is 0 Å². The van der Waals surface area contributed by atoms with Crippen LogP contribution in [0.3, 0.4) is 0 Å². The molecule has 0 bridgehead atoms. The Balaban J connectivity index is -0.0000000133. The third-order valence-corrected chi connectivity index (χ3v) is 0. The normalized spacial score (nSPS) is 2.40. The quantitative estimate of drug-likeness (QED) is 0.438. The molecule has 0 aliphatic carbocycles. The van der Waals surface area contributed by atoms with Crippen molar-refractivity contribution in [1.82, 2.24) is 6.15 Å². The first-order valence-electron chi connectivity index (χ1n) is 0.825. The van der Waals surface area contributed by atoms with Gasteiger partial charge in [-0.2, -0.15) is 0 Å². The van der Waals surface area contributed by atoms with Gasteiger partial charge in [0.05, 0.1) is 0 Å². The van der Waals surface area contributed by atoms with Crippen LogP contribution in [0.15, 0.2) is 0 Å². The van der Waals surface area contributed by atoms with Crippen LogP contribution in [0.2, 0.25) is 0 Å². The van der Waals surface area contributed by atoms with E-state index < -0.39 is 0 Å². The van der Waals surface area contributed by atoms with Crippen molar-refractivity contribution in [2.24, 2.45) is 0 Å². The van der Waals surface area contributed by atoms with Crippen molar-refractivity contribution >= 4 is 11.6 Å². The SMILES string of the molecule is CCl.CO.N. The van der Waals surface area contributed by atoms with Gasteiger partial charge in [0.15, 0.2) is 0 Å². The van der Waals surface area contributed by atoms with Crippen molar-refractivity contribution in [3.63, 3.8) is 0 Å². The highest BCUT2D eigenvalue weighted by molar-refractivity contribution is 6.15. The summed E-state index contributed by atoms with van der Waals surface area (Å²) in [5.74, 6) is 0. The fourth-order valence-corrected chi connectivity index (χ4v) is 0. The Morgan fingerprint density at radius 3 is 1.20 bits per heavy atom. The maximum atomic E-state index is 7.00. The topological polar surface area (TPSA) is 55.2 Å². The number of aliphatic hydroxyl groups excluding tert-OH is 1. The Morgan fingerprint density at radius 1 is 1.20 bits per heavy atom. The summed E-state index contributed by atoms with van der Waals surface area (Å²) in [7, 11) is 1.00. The van der Waals surface area contributed by atoms with Crippen molar-refractivity contribution in [2.75, 3.05) is 13.5 Å². The number of hydrogen-bond acceptors (Lipinski definition) is 2. The van der Waals surface area contributed by atoms with Gasteiger partial charge in [-0.3, -0.25) is 0 Å². The first-order chi connectivity index (χ1) is 2.00. The summed E-state index contributed by atoms with van der Waals surface area (Å²) in [5, 5.41) is 7.00. The summed E-state index contributed by atoms with van der Waals surface area (Å²) in [6, 6.07) is 0. The number of alkyl halides is 1. The lowest BCUT2D eigenvalue weighted by Gasteiger charge is -1.21. The van der Waals surface area contributed by atoms with E-state index in [2.05, 4.69) is 11.6 Å². The molecule has 36 valence electrons. The van der Waals surface area contributed by atoms with Crippen molar-refractivity contribution in [3.05, 3.63) is 0 Å². The third-order valence-electron chi connectivity index (χ3n) is 0. The first kappa shape index (κ1) is 18.9. The Labute approximate surface area is 37.3 Å². The van der Waals surface area contributed by atoms with Crippen molar-refractivity contribution in [2.45, 2.75) is 0 Å². The zero-order valence-electron chi connectivity index (χ0n) is 3.53. The van der Waals surface area contributed by atoms with Gasteiger partial charge < -0.3 is 11.3 Å². The van der Waals surface area contributed by atoms with Gasteiger partial charge >= 0.3 is 0 Å². The molecule has 0 saturated carbocycles. The molecule has 2 nitrogen and oxygen atoms in total. The van der Waals surface area contributed by atoms with Gasteiger partial charge in [0, 0.05) is 13.5 Å². The van der Waals surface area contributed by atoms with Gasteiger partial charge in [0.25, 0.3) is 0 Å². The Kier molecular flexibility index (Phi) is 3720. The predicted molar refractivity (Wildman–Crippen MR) is 24.9 cm³/mol. The molecule has 4 N–H and O–H groups in total. The largest absolute Gasteiger partial charge is 0.400 e. The average molecular weight is 99.6 g/mol. The van der Waals surface area contributed by atoms with E-state index in [1.54, 1.807) is 0 Å². The van der Waals surface area contributed by atoms with E-state index in [9.17, 15) is 0 Å². The maximum absolute atomic E-state index is 7.00. The molecule has 0 rings (SSSR count). The molecular weight excluding hydrogens is 89.5 g/mol. The van der Waals surface area contributed by atoms with Crippen LogP contribution in [-0.2, 0) is 0 Å². The van der Waals surface area contributed by atoms with Crippen LogP contribution in [0.5, 0.6) is 0 Å². The van der Waals surface area contributed by atoms with Crippen LogP contribution in [0.4, 0.5) is 0 Å². The Morgan fingerprint density at radius 2 is 1.20 bits per heavy atom. The second kappa shape index (κ2) is 984. The van der Waals surface area contributed by atoms with E-state index in [0.717, 1.165) is 7.11 Å². The summed E-state index contributed by atoms with van der Waals surface area (Å²) >= 11 is 4.64. The summed E-state index contributed by atoms with van der Waals surface area (Å²) in [4.78, 5) is 0. The minimum atomic E-state index is 0. The van der Waals surface area contributed by atoms with Crippen molar-refractivity contribution in [3.8, 4) is 0 Å². The maximum Gasteiger partial charge on any atom is 0.0319 e. The highest BCUT2D eigenvalue weighted by atomic mass is 35.5. The molecular formula is C2H10ClNO. The summed E-state index contributed by atoms with van der Waals surface area (Å²) in [6.45, 7) is 0. The van der Waals surface area contributed by atoms with Crippen molar-refractivity contribution in [1.29, 1.82) is 0 Å². The van der Waals surface area contributed by atoms with Gasteiger partial charge in [0.1, 0.15) is 0 Å². The van der Waals surface area contributed by atoms with Crippen LogP contribution in [0.1, 0.15) is 0 Å². The molecule has 0 spiro atoms. The van der Waals surface area contributed by atoms with Crippen LogP contribution >= 0.6 is 11.6 Å². The van der Waals surface area contributed by atoms with E-state index in [1.807, 2.05) is 0 Å². The molecule has 0 amide bonds. The molecule has 0 aromatic heterocycles. The van der Waals surface area contributed by atoms with E-state index in [0.29, 0.717) is 0 Å². The molecule has 3 heteroatoms. The number of rotatable bonds is 0. The minimum Gasteiger partial charge on any atom is -0.400 e. The van der Waals surface area contributed by atoms with Gasteiger partial charge in [-0.1, -0.05) is 0 Å². The lowest BCUT2D eigenvalue weighted by atomic mass is 11.8. The monoisotopic (exact) mass is 99.0 g/mol. The fraction of sp³-hybridized carbons (Fsp3) is 1.00. The van der Waals surface area contributed by atoms with E-state index in [4.69, 9.17) is 5.11 Å². The van der Waals surface area contributed by atoms with Gasteiger partial charge in [-0.25, -0.2) is 0 Å².